The molecule has 0 aliphatic rings. The molecule has 1 heterocycles. The van der Waals surface area contributed by atoms with Crippen molar-refractivity contribution in [1.82, 2.24) is 14.9 Å². The van der Waals surface area contributed by atoms with Crippen molar-refractivity contribution < 1.29 is 14.6 Å². The molecule has 190 valence electrons. The lowest BCUT2D eigenvalue weighted by molar-refractivity contribution is 0.0211. The van der Waals surface area contributed by atoms with E-state index in [-0.39, 0.29) is 12.5 Å². The molecule has 0 saturated carbocycles. The van der Waals surface area contributed by atoms with E-state index in [1.807, 2.05) is 99.0 Å². The number of benzene rings is 3. The summed E-state index contributed by atoms with van der Waals surface area (Å²) in [5.41, 5.74) is 2.14. The van der Waals surface area contributed by atoms with Crippen LogP contribution in [-0.4, -0.2) is 53.6 Å². The summed E-state index contributed by atoms with van der Waals surface area (Å²) < 4.78 is 5.93. The van der Waals surface area contributed by atoms with Crippen molar-refractivity contribution in [2.45, 2.75) is 19.1 Å². The van der Waals surface area contributed by atoms with E-state index in [4.69, 9.17) is 4.74 Å². The highest BCUT2D eigenvalue weighted by atomic mass is 16.5. The van der Waals surface area contributed by atoms with Crippen molar-refractivity contribution in [3.63, 3.8) is 0 Å². The molecule has 1 amide bonds. The Morgan fingerprint density at radius 1 is 0.946 bits per heavy atom. The normalized spacial score (nSPS) is 12.5. The number of aromatic nitrogens is 2. The van der Waals surface area contributed by atoms with Crippen molar-refractivity contribution in [2.24, 2.45) is 0 Å². The molecule has 37 heavy (non-hydrogen) atoms. The zero-order chi connectivity index (χ0) is 26.4. The second-order valence-corrected chi connectivity index (χ2v) is 9.43. The van der Waals surface area contributed by atoms with Gasteiger partial charge in [0.05, 0.1) is 17.8 Å². The van der Waals surface area contributed by atoms with E-state index in [0.29, 0.717) is 35.1 Å². The third kappa shape index (κ3) is 6.32. The highest BCUT2D eigenvalue weighted by Crippen LogP contribution is 2.28. The number of nitrogens with zero attached hydrogens (tertiary/aromatic N) is 4. The van der Waals surface area contributed by atoms with Crippen LogP contribution < -0.4 is 9.64 Å². The maximum Gasteiger partial charge on any atom is 0.257 e. The lowest BCUT2D eigenvalue weighted by Crippen LogP contribution is -2.40. The summed E-state index contributed by atoms with van der Waals surface area (Å²) in [6.45, 7) is 2.19. The number of hydrogen-bond acceptors (Lipinski definition) is 6. The Morgan fingerprint density at radius 3 is 2.30 bits per heavy atom. The van der Waals surface area contributed by atoms with E-state index in [9.17, 15) is 9.90 Å². The van der Waals surface area contributed by atoms with Gasteiger partial charge in [0.1, 0.15) is 18.0 Å². The number of anilines is 1. The molecule has 7 heteroatoms. The minimum Gasteiger partial charge on any atom is -0.489 e. The van der Waals surface area contributed by atoms with Gasteiger partial charge in [0.25, 0.3) is 5.91 Å². The minimum absolute atomic E-state index is 0.0671. The molecule has 0 aliphatic heterocycles. The molecule has 1 atom stereocenters. The van der Waals surface area contributed by atoms with E-state index in [0.717, 1.165) is 11.1 Å². The van der Waals surface area contributed by atoms with Gasteiger partial charge >= 0.3 is 0 Å². The summed E-state index contributed by atoms with van der Waals surface area (Å²) in [7, 11) is 5.38. The lowest BCUT2D eigenvalue weighted by Gasteiger charge is -2.30. The Kier molecular flexibility index (Phi) is 7.84. The second-order valence-electron chi connectivity index (χ2n) is 9.43. The molecule has 7 nitrogen and oxygen atoms in total. The average Bonchev–Trinajstić information content (AvgIpc) is 2.92. The number of amides is 1. The molecular weight excluding hydrogens is 464 g/mol. The first kappa shape index (κ1) is 25.9. The molecule has 1 unspecified atom stereocenters. The Bertz CT molecular complexity index is 1340. The summed E-state index contributed by atoms with van der Waals surface area (Å²) in [6, 6.07) is 26.8. The van der Waals surface area contributed by atoms with Gasteiger partial charge < -0.3 is 19.6 Å². The first-order valence-electron chi connectivity index (χ1n) is 12.1. The maximum atomic E-state index is 13.6. The number of carbonyl (C=O) groups excluding carboxylic acids is 1. The van der Waals surface area contributed by atoms with E-state index < -0.39 is 5.60 Å². The van der Waals surface area contributed by atoms with E-state index in [1.54, 1.807) is 25.1 Å². The Labute approximate surface area is 218 Å². The van der Waals surface area contributed by atoms with Crippen LogP contribution in [0.4, 0.5) is 5.95 Å². The van der Waals surface area contributed by atoms with Crippen LogP contribution in [-0.2, 0) is 12.2 Å². The maximum absolute atomic E-state index is 13.6. The van der Waals surface area contributed by atoms with Crippen molar-refractivity contribution in [3.05, 3.63) is 108 Å². The molecule has 1 N–H and O–H groups in total. The fraction of sp³-hybridized carbons (Fsp3) is 0.233. The van der Waals surface area contributed by atoms with Crippen LogP contribution in [0, 0.1) is 0 Å². The van der Waals surface area contributed by atoms with Crippen molar-refractivity contribution in [1.29, 1.82) is 0 Å². The molecule has 0 radical (unpaired) electrons. The van der Waals surface area contributed by atoms with Crippen LogP contribution in [0.1, 0.15) is 28.4 Å². The average molecular weight is 497 g/mol. The largest absolute Gasteiger partial charge is 0.489 e. The molecule has 0 bridgehead atoms. The van der Waals surface area contributed by atoms with E-state index in [1.165, 1.54) is 4.90 Å². The zero-order valence-corrected chi connectivity index (χ0v) is 21.6. The third-order valence-corrected chi connectivity index (χ3v) is 6.05. The molecule has 0 saturated heterocycles. The first-order valence-corrected chi connectivity index (χ1v) is 12.1. The smallest absolute Gasteiger partial charge is 0.257 e. The summed E-state index contributed by atoms with van der Waals surface area (Å²) >= 11 is 0. The van der Waals surface area contributed by atoms with Gasteiger partial charge in [-0.1, -0.05) is 72.8 Å². The van der Waals surface area contributed by atoms with Gasteiger partial charge in [-0.15, -0.1) is 0 Å². The predicted octanol–water partition coefficient (Wildman–Crippen LogP) is 4.77. The van der Waals surface area contributed by atoms with Crippen LogP contribution in [0.2, 0.25) is 0 Å². The van der Waals surface area contributed by atoms with Gasteiger partial charge in [0.2, 0.25) is 5.95 Å². The molecule has 4 rings (SSSR count). The molecule has 1 aromatic heterocycles. The standard InChI is InChI=1S/C30H32N4O3/c1-30(36,24-16-11-17-25(18-24)37-20-22-12-7-5-8-13-22)21-34(4)28(35)26-19-31-29(33(2)3)32-27(26)23-14-9-6-10-15-23/h5-19,36H,20-21H2,1-4H3. The zero-order valence-electron chi connectivity index (χ0n) is 21.6. The van der Waals surface area contributed by atoms with E-state index >= 15 is 0 Å². The third-order valence-electron chi connectivity index (χ3n) is 6.05. The number of rotatable bonds is 9. The van der Waals surface area contributed by atoms with Crippen LogP contribution in [0.25, 0.3) is 11.3 Å². The Morgan fingerprint density at radius 2 is 1.62 bits per heavy atom. The minimum atomic E-state index is -1.31. The van der Waals surface area contributed by atoms with Crippen LogP contribution >= 0.6 is 0 Å². The fourth-order valence-corrected chi connectivity index (χ4v) is 4.05. The molecule has 4 aromatic rings. The number of ether oxygens (including phenoxy) is 1. The second kappa shape index (κ2) is 11.2. The molecule has 0 aliphatic carbocycles. The molecular formula is C30H32N4O3. The first-order chi connectivity index (χ1) is 17.7. The highest BCUT2D eigenvalue weighted by Gasteiger charge is 2.29. The Balaban J connectivity index is 1.53. The summed E-state index contributed by atoms with van der Waals surface area (Å²) in [6.07, 6.45) is 1.55. The number of carbonyl (C=O) groups is 1. The predicted molar refractivity (Wildman–Crippen MR) is 146 cm³/mol. The summed E-state index contributed by atoms with van der Waals surface area (Å²) in [5.74, 6) is 0.882. The topological polar surface area (TPSA) is 78.8 Å². The Hall–Kier alpha value is -4.23. The van der Waals surface area contributed by atoms with Gasteiger partial charge in [0, 0.05) is 32.9 Å². The molecule has 0 fully saturated rings. The quantitative estimate of drug-likeness (QED) is 0.360. The summed E-state index contributed by atoms with van der Waals surface area (Å²) in [4.78, 5) is 25.9. The van der Waals surface area contributed by atoms with Gasteiger partial charge in [-0.3, -0.25) is 4.79 Å². The number of aliphatic hydroxyl groups is 1. The van der Waals surface area contributed by atoms with E-state index in [2.05, 4.69) is 9.97 Å². The summed E-state index contributed by atoms with van der Waals surface area (Å²) in [5, 5.41) is 11.4. The molecule has 3 aromatic carbocycles. The van der Waals surface area contributed by atoms with Crippen molar-refractivity contribution >= 4 is 11.9 Å². The fourth-order valence-electron chi connectivity index (χ4n) is 4.05. The van der Waals surface area contributed by atoms with Gasteiger partial charge in [0.15, 0.2) is 0 Å². The monoisotopic (exact) mass is 496 g/mol. The van der Waals surface area contributed by atoms with Crippen molar-refractivity contribution in [3.8, 4) is 17.0 Å². The van der Waals surface area contributed by atoms with Gasteiger partial charge in [-0.05, 0) is 30.2 Å². The lowest BCUT2D eigenvalue weighted by atomic mass is 9.95. The SMILES string of the molecule is CN(CC(C)(O)c1cccc(OCc2ccccc2)c1)C(=O)c1cnc(N(C)C)nc1-c1ccccc1. The number of hydrogen-bond donors (Lipinski definition) is 1. The van der Waals surface area contributed by atoms with Crippen molar-refractivity contribution in [2.75, 3.05) is 32.6 Å². The molecule has 0 spiro atoms. The number of likely N-dealkylation sites (N-methyl/N-ethyl adjacent to an activating group) is 1. The highest BCUT2D eigenvalue weighted by molar-refractivity contribution is 5.99. The van der Waals surface area contributed by atoms with Gasteiger partial charge in [-0.25, -0.2) is 9.97 Å². The van der Waals surface area contributed by atoms with Gasteiger partial charge in [-0.2, -0.15) is 0 Å². The van der Waals surface area contributed by atoms with Crippen LogP contribution in [0.3, 0.4) is 0 Å². The van der Waals surface area contributed by atoms with Crippen LogP contribution in [0.5, 0.6) is 5.75 Å². The van der Waals surface area contributed by atoms with Crippen LogP contribution in [0.15, 0.2) is 91.1 Å².